The predicted octanol–water partition coefficient (Wildman–Crippen LogP) is 2.69. The highest BCUT2D eigenvalue weighted by Gasteiger charge is 2.35. The van der Waals surface area contributed by atoms with Gasteiger partial charge in [0.2, 0.25) is 5.91 Å². The lowest BCUT2D eigenvalue weighted by atomic mass is 9.90. The van der Waals surface area contributed by atoms with Crippen molar-refractivity contribution in [3.05, 3.63) is 63.3 Å². The molecule has 3 heterocycles. The van der Waals surface area contributed by atoms with E-state index in [1.165, 1.54) is 15.8 Å². The van der Waals surface area contributed by atoms with E-state index in [1.807, 2.05) is 35.4 Å². The predicted molar refractivity (Wildman–Crippen MR) is 114 cm³/mol. The number of amides is 1. The molecule has 1 aliphatic heterocycles. The average Bonchev–Trinajstić information content (AvgIpc) is 3.23. The Morgan fingerprint density at radius 2 is 2.00 bits per heavy atom. The molecule has 7 heteroatoms. The normalized spacial score (nSPS) is 17.4. The van der Waals surface area contributed by atoms with E-state index in [1.54, 1.807) is 23.5 Å². The number of aliphatic hydroxyl groups is 1. The van der Waals surface area contributed by atoms with Gasteiger partial charge in [0.25, 0.3) is 5.56 Å². The fraction of sp³-hybridized carbons (Fsp3) is 0.409. The average molecular weight is 412 g/mol. The number of rotatable bonds is 5. The van der Waals surface area contributed by atoms with Crippen molar-refractivity contribution in [2.45, 2.75) is 38.3 Å². The van der Waals surface area contributed by atoms with E-state index in [0.29, 0.717) is 36.8 Å². The van der Waals surface area contributed by atoms with Gasteiger partial charge in [-0.25, -0.2) is 4.98 Å². The van der Waals surface area contributed by atoms with Crippen LogP contribution in [0.2, 0.25) is 0 Å². The Morgan fingerprint density at radius 1 is 1.24 bits per heavy atom. The maximum atomic E-state index is 12.8. The second-order valence-electron chi connectivity index (χ2n) is 7.93. The summed E-state index contributed by atoms with van der Waals surface area (Å²) in [6.07, 6.45) is 3.14. The zero-order valence-corrected chi connectivity index (χ0v) is 17.3. The Morgan fingerprint density at radius 3 is 2.72 bits per heavy atom. The van der Waals surface area contributed by atoms with Crippen LogP contribution in [0.1, 0.15) is 24.6 Å². The summed E-state index contributed by atoms with van der Waals surface area (Å²) < 4.78 is 1.49. The number of hydrogen-bond donors (Lipinski definition) is 1. The first-order valence-corrected chi connectivity index (χ1v) is 10.8. The second kappa shape index (κ2) is 8.08. The standard InChI is InChI=1S/C22H25N3O3S/c1-16(13-17-5-4-12-29-17)20(26)24-10-8-22(28,9-11-24)14-25-15-23-19-7-3-2-6-18(19)21(25)27/h2-7,12,15-16,28H,8-11,13-14H2,1H3. The highest BCUT2D eigenvalue weighted by molar-refractivity contribution is 7.09. The zero-order chi connectivity index (χ0) is 20.4. The van der Waals surface area contributed by atoms with Gasteiger partial charge < -0.3 is 10.0 Å². The summed E-state index contributed by atoms with van der Waals surface area (Å²) in [4.78, 5) is 32.9. The molecule has 1 atom stereocenters. The highest BCUT2D eigenvalue weighted by atomic mass is 32.1. The van der Waals surface area contributed by atoms with E-state index in [0.717, 1.165) is 6.42 Å². The smallest absolute Gasteiger partial charge is 0.261 e. The van der Waals surface area contributed by atoms with Crippen molar-refractivity contribution in [3.8, 4) is 0 Å². The van der Waals surface area contributed by atoms with Gasteiger partial charge in [-0.05, 0) is 42.8 Å². The van der Waals surface area contributed by atoms with Gasteiger partial charge >= 0.3 is 0 Å². The number of piperidine rings is 1. The molecule has 0 saturated carbocycles. The molecule has 1 aromatic carbocycles. The van der Waals surface area contributed by atoms with E-state index >= 15 is 0 Å². The minimum atomic E-state index is -1.01. The molecule has 1 aliphatic rings. The van der Waals surface area contributed by atoms with Crippen molar-refractivity contribution in [1.29, 1.82) is 0 Å². The van der Waals surface area contributed by atoms with Gasteiger partial charge in [-0.15, -0.1) is 11.3 Å². The van der Waals surface area contributed by atoms with E-state index in [9.17, 15) is 14.7 Å². The largest absolute Gasteiger partial charge is 0.388 e. The first-order valence-electron chi connectivity index (χ1n) is 9.93. The fourth-order valence-electron chi connectivity index (χ4n) is 3.97. The van der Waals surface area contributed by atoms with Crippen molar-refractivity contribution in [3.63, 3.8) is 0 Å². The quantitative estimate of drug-likeness (QED) is 0.700. The maximum Gasteiger partial charge on any atom is 0.261 e. The summed E-state index contributed by atoms with van der Waals surface area (Å²) >= 11 is 1.67. The SMILES string of the molecule is CC(Cc1cccs1)C(=O)N1CCC(O)(Cn2cnc3ccccc3c2=O)CC1. The number of thiophene rings is 1. The third kappa shape index (κ3) is 4.26. The lowest BCUT2D eigenvalue weighted by Gasteiger charge is -2.39. The molecule has 3 aromatic rings. The topological polar surface area (TPSA) is 75.4 Å². The van der Waals surface area contributed by atoms with Gasteiger partial charge in [-0.2, -0.15) is 0 Å². The lowest BCUT2D eigenvalue weighted by molar-refractivity contribution is -0.139. The molecule has 1 amide bonds. The van der Waals surface area contributed by atoms with Gasteiger partial charge in [0, 0.05) is 23.9 Å². The Kier molecular flexibility index (Phi) is 5.52. The Labute approximate surface area is 173 Å². The van der Waals surface area contributed by atoms with Gasteiger partial charge in [-0.3, -0.25) is 14.2 Å². The van der Waals surface area contributed by atoms with E-state index in [4.69, 9.17) is 0 Å². The summed E-state index contributed by atoms with van der Waals surface area (Å²) in [5.74, 6) is 0.0529. The lowest BCUT2D eigenvalue weighted by Crippen LogP contribution is -2.50. The number of benzene rings is 1. The monoisotopic (exact) mass is 411 g/mol. The number of aromatic nitrogens is 2. The molecular formula is C22H25N3O3S. The second-order valence-corrected chi connectivity index (χ2v) is 8.96. The Balaban J connectivity index is 1.40. The van der Waals surface area contributed by atoms with Crippen LogP contribution in [0.3, 0.4) is 0 Å². The molecule has 0 bridgehead atoms. The zero-order valence-electron chi connectivity index (χ0n) is 16.5. The van der Waals surface area contributed by atoms with E-state index in [-0.39, 0.29) is 23.9 Å². The number of nitrogens with zero attached hydrogens (tertiary/aromatic N) is 3. The van der Waals surface area contributed by atoms with Crippen molar-refractivity contribution >= 4 is 28.1 Å². The molecule has 1 N–H and O–H groups in total. The van der Waals surface area contributed by atoms with Crippen molar-refractivity contribution < 1.29 is 9.90 Å². The van der Waals surface area contributed by atoms with Gasteiger partial charge in [0.05, 0.1) is 29.4 Å². The van der Waals surface area contributed by atoms with E-state index in [2.05, 4.69) is 11.1 Å². The van der Waals surface area contributed by atoms with Crippen LogP contribution in [0.5, 0.6) is 0 Å². The van der Waals surface area contributed by atoms with Crippen LogP contribution in [0, 0.1) is 5.92 Å². The minimum Gasteiger partial charge on any atom is -0.388 e. The summed E-state index contributed by atoms with van der Waals surface area (Å²) in [7, 11) is 0. The molecule has 0 spiro atoms. The van der Waals surface area contributed by atoms with Crippen LogP contribution < -0.4 is 5.56 Å². The van der Waals surface area contributed by atoms with Gasteiger partial charge in [-0.1, -0.05) is 25.1 Å². The van der Waals surface area contributed by atoms with Crippen LogP contribution in [0.4, 0.5) is 0 Å². The van der Waals surface area contributed by atoms with Crippen molar-refractivity contribution in [2.24, 2.45) is 5.92 Å². The number of hydrogen-bond acceptors (Lipinski definition) is 5. The molecule has 6 nitrogen and oxygen atoms in total. The Bertz CT molecular complexity index is 1050. The summed E-state index contributed by atoms with van der Waals surface area (Å²) in [6.45, 7) is 3.15. The molecular weight excluding hydrogens is 386 g/mol. The molecule has 0 radical (unpaired) electrons. The van der Waals surface area contributed by atoms with Gasteiger partial charge in [0.15, 0.2) is 0 Å². The number of fused-ring (bicyclic) bond motifs is 1. The molecule has 152 valence electrons. The van der Waals surface area contributed by atoms with Crippen LogP contribution in [-0.2, 0) is 17.8 Å². The number of carbonyl (C=O) groups is 1. The van der Waals surface area contributed by atoms with E-state index < -0.39 is 5.60 Å². The van der Waals surface area contributed by atoms with Crippen LogP contribution in [-0.4, -0.2) is 44.2 Å². The summed E-state index contributed by atoms with van der Waals surface area (Å²) in [6, 6.07) is 11.3. The first kappa shape index (κ1) is 19.8. The minimum absolute atomic E-state index is 0.0767. The summed E-state index contributed by atoms with van der Waals surface area (Å²) in [5, 5.41) is 13.6. The van der Waals surface area contributed by atoms with Crippen LogP contribution in [0.25, 0.3) is 10.9 Å². The molecule has 1 unspecified atom stereocenters. The summed E-state index contributed by atoms with van der Waals surface area (Å²) in [5.41, 5.74) is -0.505. The van der Waals surface area contributed by atoms with Crippen LogP contribution >= 0.6 is 11.3 Å². The number of carbonyl (C=O) groups excluding carboxylic acids is 1. The van der Waals surface area contributed by atoms with Crippen molar-refractivity contribution in [2.75, 3.05) is 13.1 Å². The van der Waals surface area contributed by atoms with Crippen molar-refractivity contribution in [1.82, 2.24) is 14.5 Å². The molecule has 29 heavy (non-hydrogen) atoms. The molecule has 1 saturated heterocycles. The first-order chi connectivity index (χ1) is 14.0. The number of para-hydroxylation sites is 1. The highest BCUT2D eigenvalue weighted by Crippen LogP contribution is 2.26. The third-order valence-corrected chi connectivity index (χ3v) is 6.61. The molecule has 4 rings (SSSR count). The molecule has 1 fully saturated rings. The molecule has 0 aliphatic carbocycles. The maximum absolute atomic E-state index is 12.8. The Hall–Kier alpha value is -2.51. The van der Waals surface area contributed by atoms with Crippen LogP contribution in [0.15, 0.2) is 52.9 Å². The third-order valence-electron chi connectivity index (χ3n) is 5.71. The fourth-order valence-corrected chi connectivity index (χ4v) is 4.80. The number of likely N-dealkylation sites (tertiary alicyclic amines) is 1. The molecule has 2 aromatic heterocycles. The van der Waals surface area contributed by atoms with Gasteiger partial charge in [0.1, 0.15) is 0 Å².